The van der Waals surface area contributed by atoms with Gasteiger partial charge in [0.2, 0.25) is 0 Å². The van der Waals surface area contributed by atoms with Crippen LogP contribution in [0.5, 0.6) is 0 Å². The standard InChI is InChI=1S/C16H29NO2/c1-13-15(12-17-2,9-10-18-13)11-14-5-8-16(19-14)6-3-4-7-16/h13-14,17H,3-12H2,1-2H3. The number of rotatable bonds is 4. The van der Waals surface area contributed by atoms with Crippen molar-refractivity contribution in [1.29, 1.82) is 0 Å². The molecule has 19 heavy (non-hydrogen) atoms. The summed E-state index contributed by atoms with van der Waals surface area (Å²) >= 11 is 0. The molecule has 3 aliphatic rings. The highest BCUT2D eigenvalue weighted by atomic mass is 16.5. The van der Waals surface area contributed by atoms with Gasteiger partial charge in [-0.3, -0.25) is 0 Å². The molecule has 3 rings (SSSR count). The van der Waals surface area contributed by atoms with E-state index in [9.17, 15) is 0 Å². The maximum atomic E-state index is 6.51. The van der Waals surface area contributed by atoms with Crippen molar-refractivity contribution in [1.82, 2.24) is 5.32 Å². The average Bonchev–Trinajstić information content (AvgIpc) is 3.07. The number of hydrogen-bond acceptors (Lipinski definition) is 3. The summed E-state index contributed by atoms with van der Waals surface area (Å²) in [4.78, 5) is 0. The molecular weight excluding hydrogens is 238 g/mol. The first-order valence-electron chi connectivity index (χ1n) is 8.12. The summed E-state index contributed by atoms with van der Waals surface area (Å²) in [5, 5.41) is 3.38. The van der Waals surface area contributed by atoms with Crippen molar-refractivity contribution in [2.24, 2.45) is 5.41 Å². The lowest BCUT2D eigenvalue weighted by Gasteiger charge is -2.35. The van der Waals surface area contributed by atoms with E-state index in [2.05, 4.69) is 19.3 Å². The summed E-state index contributed by atoms with van der Waals surface area (Å²) in [7, 11) is 2.06. The van der Waals surface area contributed by atoms with Crippen LogP contribution in [0.15, 0.2) is 0 Å². The van der Waals surface area contributed by atoms with E-state index in [1.54, 1.807) is 0 Å². The fourth-order valence-electron chi connectivity index (χ4n) is 4.62. The molecule has 0 amide bonds. The van der Waals surface area contributed by atoms with Crippen LogP contribution in [-0.2, 0) is 9.47 Å². The van der Waals surface area contributed by atoms with Crippen LogP contribution in [-0.4, -0.2) is 38.0 Å². The van der Waals surface area contributed by atoms with Gasteiger partial charge in [-0.2, -0.15) is 0 Å². The number of hydrogen-bond donors (Lipinski definition) is 1. The predicted octanol–water partition coefficient (Wildman–Crippen LogP) is 2.88. The molecule has 0 aromatic heterocycles. The Hall–Kier alpha value is -0.120. The van der Waals surface area contributed by atoms with Gasteiger partial charge in [0.1, 0.15) is 0 Å². The molecule has 3 heteroatoms. The van der Waals surface area contributed by atoms with Gasteiger partial charge in [-0.15, -0.1) is 0 Å². The second-order valence-electron chi connectivity index (χ2n) is 7.03. The minimum Gasteiger partial charge on any atom is -0.378 e. The monoisotopic (exact) mass is 267 g/mol. The smallest absolute Gasteiger partial charge is 0.0687 e. The molecule has 1 aliphatic carbocycles. The minimum atomic E-state index is 0.272. The zero-order chi connectivity index (χ0) is 13.3. The lowest BCUT2D eigenvalue weighted by molar-refractivity contribution is -0.0612. The molecule has 3 unspecified atom stereocenters. The van der Waals surface area contributed by atoms with Gasteiger partial charge in [0.25, 0.3) is 0 Å². The average molecular weight is 267 g/mol. The molecule has 3 atom stereocenters. The SMILES string of the molecule is CNCC1(CC2CCC3(CCCC3)O2)CCOC1C. The molecule has 1 spiro atoms. The van der Waals surface area contributed by atoms with Crippen molar-refractivity contribution in [3.63, 3.8) is 0 Å². The lowest BCUT2D eigenvalue weighted by Crippen LogP contribution is -2.41. The molecular formula is C16H29NO2. The van der Waals surface area contributed by atoms with E-state index < -0.39 is 0 Å². The fourth-order valence-corrected chi connectivity index (χ4v) is 4.62. The molecule has 2 heterocycles. The zero-order valence-corrected chi connectivity index (χ0v) is 12.5. The van der Waals surface area contributed by atoms with E-state index in [1.165, 1.54) is 51.4 Å². The second-order valence-corrected chi connectivity index (χ2v) is 7.03. The normalized spacial score (nSPS) is 41.4. The predicted molar refractivity (Wildman–Crippen MR) is 76.3 cm³/mol. The first kappa shape index (κ1) is 13.8. The van der Waals surface area contributed by atoms with E-state index in [0.717, 1.165) is 13.2 Å². The summed E-state index contributed by atoms with van der Waals surface area (Å²) in [6.07, 6.45) is 11.1. The Kier molecular flexibility index (Phi) is 3.89. The van der Waals surface area contributed by atoms with E-state index in [4.69, 9.17) is 9.47 Å². The van der Waals surface area contributed by atoms with Gasteiger partial charge >= 0.3 is 0 Å². The van der Waals surface area contributed by atoms with Crippen LogP contribution in [0.25, 0.3) is 0 Å². The van der Waals surface area contributed by atoms with Gasteiger partial charge in [-0.1, -0.05) is 12.8 Å². The van der Waals surface area contributed by atoms with E-state index in [0.29, 0.717) is 17.6 Å². The first-order chi connectivity index (χ1) is 9.18. The van der Waals surface area contributed by atoms with Crippen LogP contribution in [0.3, 0.4) is 0 Å². The molecule has 0 aromatic rings. The van der Waals surface area contributed by atoms with Crippen LogP contribution in [0, 0.1) is 5.41 Å². The van der Waals surface area contributed by atoms with Gasteiger partial charge in [0.05, 0.1) is 17.8 Å². The quantitative estimate of drug-likeness (QED) is 0.849. The van der Waals surface area contributed by atoms with Gasteiger partial charge in [0, 0.05) is 18.6 Å². The maximum absolute atomic E-state index is 6.51. The van der Waals surface area contributed by atoms with Crippen LogP contribution < -0.4 is 5.32 Å². The summed E-state index contributed by atoms with van der Waals surface area (Å²) in [6, 6.07) is 0. The van der Waals surface area contributed by atoms with Gasteiger partial charge in [0.15, 0.2) is 0 Å². The Bertz CT molecular complexity index is 314. The largest absolute Gasteiger partial charge is 0.378 e. The third kappa shape index (κ3) is 2.57. The van der Waals surface area contributed by atoms with E-state index in [1.807, 2.05) is 0 Å². The lowest BCUT2D eigenvalue weighted by atomic mass is 9.76. The molecule has 1 saturated carbocycles. The molecule has 2 saturated heterocycles. The van der Waals surface area contributed by atoms with Crippen LogP contribution >= 0.6 is 0 Å². The Morgan fingerprint density at radius 2 is 1.95 bits per heavy atom. The van der Waals surface area contributed by atoms with Crippen molar-refractivity contribution in [3.8, 4) is 0 Å². The summed E-state index contributed by atoms with van der Waals surface area (Å²) in [5.74, 6) is 0. The molecule has 3 nitrogen and oxygen atoms in total. The fraction of sp³-hybridized carbons (Fsp3) is 1.00. The summed E-state index contributed by atoms with van der Waals surface area (Å²) < 4.78 is 12.4. The third-order valence-corrected chi connectivity index (χ3v) is 5.85. The molecule has 2 aliphatic heterocycles. The highest BCUT2D eigenvalue weighted by Gasteiger charge is 2.48. The van der Waals surface area contributed by atoms with E-state index in [-0.39, 0.29) is 5.60 Å². The van der Waals surface area contributed by atoms with Crippen molar-refractivity contribution < 1.29 is 9.47 Å². The van der Waals surface area contributed by atoms with Crippen LogP contribution in [0.4, 0.5) is 0 Å². The molecule has 3 fully saturated rings. The summed E-state index contributed by atoms with van der Waals surface area (Å²) in [6.45, 7) is 4.21. The molecule has 1 N–H and O–H groups in total. The van der Waals surface area contributed by atoms with E-state index >= 15 is 0 Å². The summed E-state index contributed by atoms with van der Waals surface area (Å²) in [5.41, 5.74) is 0.567. The van der Waals surface area contributed by atoms with Gasteiger partial charge < -0.3 is 14.8 Å². The van der Waals surface area contributed by atoms with Crippen molar-refractivity contribution in [3.05, 3.63) is 0 Å². The molecule has 0 aromatic carbocycles. The van der Waals surface area contributed by atoms with Crippen LogP contribution in [0.1, 0.15) is 58.3 Å². The highest BCUT2D eigenvalue weighted by molar-refractivity contribution is 4.98. The van der Waals surface area contributed by atoms with Crippen LogP contribution in [0.2, 0.25) is 0 Å². The maximum Gasteiger partial charge on any atom is 0.0687 e. The Labute approximate surface area is 117 Å². The van der Waals surface area contributed by atoms with Gasteiger partial charge in [-0.05, 0) is 52.5 Å². The zero-order valence-electron chi connectivity index (χ0n) is 12.5. The Balaban J connectivity index is 1.63. The molecule has 110 valence electrons. The highest BCUT2D eigenvalue weighted by Crippen LogP contribution is 2.48. The van der Waals surface area contributed by atoms with Gasteiger partial charge in [-0.25, -0.2) is 0 Å². The number of nitrogens with one attached hydrogen (secondary N) is 1. The second kappa shape index (κ2) is 5.34. The molecule has 0 bridgehead atoms. The Morgan fingerprint density at radius 1 is 1.16 bits per heavy atom. The van der Waals surface area contributed by atoms with Crippen molar-refractivity contribution >= 4 is 0 Å². The first-order valence-corrected chi connectivity index (χ1v) is 8.12. The molecule has 0 radical (unpaired) electrons. The Morgan fingerprint density at radius 3 is 2.58 bits per heavy atom. The topological polar surface area (TPSA) is 30.5 Å². The number of ether oxygens (including phenoxy) is 2. The third-order valence-electron chi connectivity index (χ3n) is 5.85. The van der Waals surface area contributed by atoms with Crippen molar-refractivity contribution in [2.75, 3.05) is 20.2 Å². The van der Waals surface area contributed by atoms with Crippen molar-refractivity contribution in [2.45, 2.75) is 76.1 Å². The minimum absolute atomic E-state index is 0.272.